The molecule has 0 aromatic carbocycles. The predicted octanol–water partition coefficient (Wildman–Crippen LogP) is 2.16. The maximum absolute atomic E-state index is 11.9. The van der Waals surface area contributed by atoms with Gasteiger partial charge in [0.15, 0.2) is 0 Å². The predicted molar refractivity (Wildman–Crippen MR) is 76.3 cm³/mol. The number of hydrogen-bond donors (Lipinski definition) is 1. The molecule has 0 aromatic heterocycles. The van der Waals surface area contributed by atoms with Gasteiger partial charge in [0.25, 0.3) is 0 Å². The minimum atomic E-state index is -0.353. The van der Waals surface area contributed by atoms with Crippen molar-refractivity contribution in [3.63, 3.8) is 0 Å². The van der Waals surface area contributed by atoms with Gasteiger partial charge in [-0.3, -0.25) is 4.79 Å². The maximum Gasteiger partial charge on any atom is 0.407 e. The molecule has 1 heterocycles. The lowest BCUT2D eigenvalue weighted by molar-refractivity contribution is -0.134. The van der Waals surface area contributed by atoms with Crippen LogP contribution in [0.25, 0.3) is 0 Å². The number of hydrogen-bond acceptors (Lipinski definition) is 3. The number of piperidine rings is 1. The highest BCUT2D eigenvalue weighted by Gasteiger charge is 2.35. The average molecular weight is 282 g/mol. The minimum absolute atomic E-state index is 0.267. The molecule has 20 heavy (non-hydrogen) atoms. The second-order valence-electron chi connectivity index (χ2n) is 7.02. The van der Waals surface area contributed by atoms with Crippen LogP contribution in [-0.2, 0) is 9.53 Å². The van der Waals surface area contributed by atoms with Gasteiger partial charge in [-0.15, -0.1) is 0 Å². The molecular weight excluding hydrogens is 256 g/mol. The Morgan fingerprint density at radius 1 is 1.15 bits per heavy atom. The van der Waals surface area contributed by atoms with Gasteiger partial charge in [0.1, 0.15) is 0 Å². The summed E-state index contributed by atoms with van der Waals surface area (Å²) in [5.41, 5.74) is -0.267. The van der Waals surface area contributed by atoms with Gasteiger partial charge in [0.2, 0.25) is 5.91 Å². The van der Waals surface area contributed by atoms with Crippen LogP contribution in [0.2, 0.25) is 0 Å². The molecule has 2 fully saturated rings. The van der Waals surface area contributed by atoms with E-state index in [1.165, 1.54) is 0 Å². The van der Waals surface area contributed by atoms with Gasteiger partial charge in [0, 0.05) is 24.5 Å². The first kappa shape index (κ1) is 15.1. The highest BCUT2D eigenvalue weighted by Crippen LogP contribution is 2.32. The van der Waals surface area contributed by atoms with E-state index in [1.807, 2.05) is 25.7 Å². The second-order valence-corrected chi connectivity index (χ2v) is 7.02. The standard InChI is InChI=1S/C15H26N2O3/c1-15(2,3)16-14(19)20-10-11-6-8-17(9-7-11)13(18)12-4-5-12/h11-12H,4-10H2,1-3H3,(H,16,19). The van der Waals surface area contributed by atoms with Crippen LogP contribution in [0.4, 0.5) is 4.79 Å². The van der Waals surface area contributed by atoms with Crippen molar-refractivity contribution in [2.24, 2.45) is 11.8 Å². The van der Waals surface area contributed by atoms with Crippen LogP contribution in [0.3, 0.4) is 0 Å². The molecule has 114 valence electrons. The molecule has 2 aliphatic rings. The normalized spacial score (nSPS) is 20.6. The SMILES string of the molecule is CC(C)(C)NC(=O)OCC1CCN(C(=O)C2CC2)CC1. The Balaban J connectivity index is 1.64. The summed E-state index contributed by atoms with van der Waals surface area (Å²) in [7, 11) is 0. The fourth-order valence-corrected chi connectivity index (χ4v) is 2.44. The molecule has 0 radical (unpaired) electrons. The van der Waals surface area contributed by atoms with E-state index in [9.17, 15) is 9.59 Å². The summed E-state index contributed by atoms with van der Waals surface area (Å²) in [6.07, 6.45) is 3.64. The summed E-state index contributed by atoms with van der Waals surface area (Å²) >= 11 is 0. The zero-order chi connectivity index (χ0) is 14.8. The largest absolute Gasteiger partial charge is 0.449 e. The smallest absolute Gasteiger partial charge is 0.407 e. The van der Waals surface area contributed by atoms with Crippen molar-refractivity contribution in [1.82, 2.24) is 10.2 Å². The first-order chi connectivity index (χ1) is 9.35. The Hall–Kier alpha value is -1.26. The van der Waals surface area contributed by atoms with E-state index < -0.39 is 0 Å². The summed E-state index contributed by atoms with van der Waals surface area (Å²) in [5, 5.41) is 2.78. The van der Waals surface area contributed by atoms with Crippen LogP contribution in [0, 0.1) is 11.8 Å². The van der Waals surface area contributed by atoms with Crippen molar-refractivity contribution in [1.29, 1.82) is 0 Å². The zero-order valence-corrected chi connectivity index (χ0v) is 12.8. The quantitative estimate of drug-likeness (QED) is 0.863. The highest BCUT2D eigenvalue weighted by atomic mass is 16.5. The molecule has 0 atom stereocenters. The number of ether oxygens (including phenoxy) is 1. The lowest BCUT2D eigenvalue weighted by Gasteiger charge is -2.32. The van der Waals surface area contributed by atoms with Crippen molar-refractivity contribution in [3.8, 4) is 0 Å². The summed E-state index contributed by atoms with van der Waals surface area (Å²) in [4.78, 5) is 25.5. The third-order valence-electron chi connectivity index (χ3n) is 3.78. The Bertz CT molecular complexity index is 364. The van der Waals surface area contributed by atoms with Gasteiger partial charge in [0.05, 0.1) is 6.61 Å². The number of carbonyl (C=O) groups is 2. The van der Waals surface area contributed by atoms with Crippen molar-refractivity contribution in [2.75, 3.05) is 19.7 Å². The monoisotopic (exact) mass is 282 g/mol. The lowest BCUT2D eigenvalue weighted by atomic mass is 9.97. The Morgan fingerprint density at radius 3 is 2.25 bits per heavy atom. The average Bonchev–Trinajstić information content (AvgIpc) is 3.18. The van der Waals surface area contributed by atoms with Gasteiger partial charge in [-0.1, -0.05) is 0 Å². The van der Waals surface area contributed by atoms with E-state index in [1.54, 1.807) is 0 Å². The molecule has 0 spiro atoms. The zero-order valence-electron chi connectivity index (χ0n) is 12.8. The third-order valence-corrected chi connectivity index (χ3v) is 3.78. The molecule has 2 amide bonds. The van der Waals surface area contributed by atoms with Crippen LogP contribution < -0.4 is 5.32 Å². The minimum Gasteiger partial charge on any atom is -0.449 e. The number of likely N-dealkylation sites (tertiary alicyclic amines) is 1. The van der Waals surface area contributed by atoms with Crippen LogP contribution in [0.15, 0.2) is 0 Å². The molecule has 0 unspecified atom stereocenters. The van der Waals surface area contributed by atoms with Crippen LogP contribution in [0.1, 0.15) is 46.5 Å². The van der Waals surface area contributed by atoms with Gasteiger partial charge >= 0.3 is 6.09 Å². The topological polar surface area (TPSA) is 58.6 Å². The number of rotatable bonds is 3. The lowest BCUT2D eigenvalue weighted by Crippen LogP contribution is -2.43. The summed E-state index contributed by atoms with van der Waals surface area (Å²) < 4.78 is 5.26. The Morgan fingerprint density at radius 2 is 1.75 bits per heavy atom. The Labute approximate surface area is 121 Å². The molecule has 5 nitrogen and oxygen atoms in total. The van der Waals surface area contributed by atoms with Crippen LogP contribution in [0.5, 0.6) is 0 Å². The van der Waals surface area contributed by atoms with E-state index in [4.69, 9.17) is 4.74 Å². The molecule has 1 aliphatic carbocycles. The van der Waals surface area contributed by atoms with E-state index in [-0.39, 0.29) is 11.6 Å². The molecule has 1 N–H and O–H groups in total. The fraction of sp³-hybridized carbons (Fsp3) is 0.867. The number of nitrogens with one attached hydrogen (secondary N) is 1. The second kappa shape index (κ2) is 6.02. The number of nitrogens with zero attached hydrogens (tertiary/aromatic N) is 1. The first-order valence-corrected chi connectivity index (χ1v) is 7.59. The molecule has 1 aliphatic heterocycles. The first-order valence-electron chi connectivity index (χ1n) is 7.59. The van der Waals surface area contributed by atoms with E-state index in [2.05, 4.69) is 5.32 Å². The summed E-state index contributed by atoms with van der Waals surface area (Å²) in [5.74, 6) is 1.01. The summed E-state index contributed by atoms with van der Waals surface area (Å²) in [6.45, 7) is 7.85. The van der Waals surface area contributed by atoms with Crippen molar-refractivity contribution in [3.05, 3.63) is 0 Å². The summed E-state index contributed by atoms with van der Waals surface area (Å²) in [6, 6.07) is 0. The van der Waals surface area contributed by atoms with Gasteiger partial charge in [-0.05, 0) is 52.4 Å². The highest BCUT2D eigenvalue weighted by molar-refractivity contribution is 5.81. The van der Waals surface area contributed by atoms with E-state index in [0.717, 1.165) is 38.8 Å². The van der Waals surface area contributed by atoms with Gasteiger partial charge < -0.3 is 15.0 Å². The van der Waals surface area contributed by atoms with Crippen molar-refractivity contribution < 1.29 is 14.3 Å². The molecule has 2 rings (SSSR count). The number of carbonyl (C=O) groups excluding carboxylic acids is 2. The van der Waals surface area contributed by atoms with E-state index in [0.29, 0.717) is 24.3 Å². The van der Waals surface area contributed by atoms with Crippen LogP contribution >= 0.6 is 0 Å². The number of amides is 2. The molecule has 0 bridgehead atoms. The Kier molecular flexibility index (Phi) is 4.55. The van der Waals surface area contributed by atoms with Crippen molar-refractivity contribution >= 4 is 12.0 Å². The molecule has 0 aromatic rings. The molecular formula is C15H26N2O3. The van der Waals surface area contributed by atoms with Crippen LogP contribution in [-0.4, -0.2) is 42.1 Å². The van der Waals surface area contributed by atoms with Crippen molar-refractivity contribution in [2.45, 2.75) is 52.0 Å². The van der Waals surface area contributed by atoms with E-state index >= 15 is 0 Å². The third kappa shape index (κ3) is 4.69. The molecule has 5 heteroatoms. The molecule has 1 saturated carbocycles. The molecule has 1 saturated heterocycles. The van der Waals surface area contributed by atoms with Gasteiger partial charge in [-0.25, -0.2) is 4.79 Å². The maximum atomic E-state index is 11.9. The number of alkyl carbamates (subject to hydrolysis) is 1. The fourth-order valence-electron chi connectivity index (χ4n) is 2.44. The van der Waals surface area contributed by atoms with Gasteiger partial charge in [-0.2, -0.15) is 0 Å².